The van der Waals surface area contributed by atoms with Crippen molar-refractivity contribution >= 4 is 0 Å². The zero-order chi connectivity index (χ0) is 17.2. The Balaban J connectivity index is 1.57. The van der Waals surface area contributed by atoms with Gasteiger partial charge >= 0.3 is 0 Å². The number of ether oxygens (including phenoxy) is 2. The van der Waals surface area contributed by atoms with Crippen LogP contribution < -0.4 is 0 Å². The fraction of sp³-hybridized carbons (Fsp3) is 0.684. The van der Waals surface area contributed by atoms with Crippen LogP contribution in [0.5, 0.6) is 0 Å². The Morgan fingerprint density at radius 3 is 2.24 bits per heavy atom. The van der Waals surface area contributed by atoms with Crippen molar-refractivity contribution in [3.8, 4) is 0 Å². The van der Waals surface area contributed by atoms with Gasteiger partial charge in [-0.2, -0.15) is 0 Å². The van der Waals surface area contributed by atoms with Gasteiger partial charge < -0.3 is 9.47 Å². The largest absolute Gasteiger partial charge is 0.348 e. The molecule has 0 radical (unpaired) electrons. The molecule has 1 saturated carbocycles. The molecule has 6 nitrogen and oxygen atoms in total. The van der Waals surface area contributed by atoms with Crippen molar-refractivity contribution in [2.75, 3.05) is 26.3 Å². The Morgan fingerprint density at radius 2 is 1.64 bits per heavy atom. The van der Waals surface area contributed by atoms with Crippen molar-refractivity contribution in [2.24, 2.45) is 5.11 Å². The van der Waals surface area contributed by atoms with Gasteiger partial charge in [0.25, 0.3) is 0 Å². The van der Waals surface area contributed by atoms with Gasteiger partial charge in [-0.1, -0.05) is 35.4 Å². The first-order valence-electron chi connectivity index (χ1n) is 9.39. The molecule has 0 bridgehead atoms. The third kappa shape index (κ3) is 3.15. The van der Waals surface area contributed by atoms with Gasteiger partial charge in [0.2, 0.25) is 0 Å². The second-order valence-electron chi connectivity index (χ2n) is 7.43. The summed E-state index contributed by atoms with van der Waals surface area (Å²) in [4.78, 5) is 5.61. The molecular formula is C19H26N4O2. The highest BCUT2D eigenvalue weighted by molar-refractivity contribution is 5.26. The minimum Gasteiger partial charge on any atom is -0.348 e. The van der Waals surface area contributed by atoms with E-state index in [2.05, 4.69) is 45.3 Å². The van der Waals surface area contributed by atoms with Crippen LogP contribution >= 0.6 is 0 Å². The van der Waals surface area contributed by atoms with Gasteiger partial charge in [-0.25, -0.2) is 0 Å². The minimum absolute atomic E-state index is 0.0448. The monoisotopic (exact) mass is 342 g/mol. The van der Waals surface area contributed by atoms with E-state index in [1.165, 1.54) is 5.56 Å². The molecule has 1 aromatic carbocycles. The van der Waals surface area contributed by atoms with Crippen LogP contribution in [0.1, 0.15) is 44.1 Å². The van der Waals surface area contributed by atoms with E-state index in [1.54, 1.807) is 0 Å². The quantitative estimate of drug-likeness (QED) is 0.474. The second kappa shape index (κ2) is 6.96. The summed E-state index contributed by atoms with van der Waals surface area (Å²) >= 11 is 0. The van der Waals surface area contributed by atoms with E-state index in [-0.39, 0.29) is 17.4 Å². The highest BCUT2D eigenvalue weighted by atomic mass is 16.7. The van der Waals surface area contributed by atoms with Crippen LogP contribution in [0, 0.1) is 0 Å². The summed E-state index contributed by atoms with van der Waals surface area (Å²) in [5.41, 5.74) is 10.1. The Kier molecular flexibility index (Phi) is 4.69. The lowest BCUT2D eigenvalue weighted by Gasteiger charge is -2.52. The molecule has 0 amide bonds. The molecule has 0 unspecified atom stereocenters. The molecule has 0 atom stereocenters. The summed E-state index contributed by atoms with van der Waals surface area (Å²) in [5.74, 6) is -0.346. The first kappa shape index (κ1) is 16.9. The van der Waals surface area contributed by atoms with Gasteiger partial charge in [0, 0.05) is 29.3 Å². The normalized spacial score (nSPS) is 26.4. The summed E-state index contributed by atoms with van der Waals surface area (Å²) in [5, 5.41) is 3.93. The van der Waals surface area contributed by atoms with E-state index in [9.17, 15) is 0 Å². The number of hydrogen-bond acceptors (Lipinski definition) is 4. The van der Waals surface area contributed by atoms with E-state index >= 15 is 0 Å². The second-order valence-corrected chi connectivity index (χ2v) is 7.43. The number of rotatable bonds is 3. The SMILES string of the molecule is [N-]=[N+]=NC1CCN(C2(c3ccccc3)CCC3(CC2)OCCO3)CC1. The third-order valence-corrected chi connectivity index (χ3v) is 6.25. The molecule has 6 heteroatoms. The lowest BCUT2D eigenvalue weighted by atomic mass is 9.72. The van der Waals surface area contributed by atoms with Crippen LogP contribution in [0.2, 0.25) is 0 Å². The number of piperidine rings is 1. The maximum atomic E-state index is 8.70. The Labute approximate surface area is 148 Å². The van der Waals surface area contributed by atoms with Crippen LogP contribution in [0.4, 0.5) is 0 Å². The van der Waals surface area contributed by atoms with Crippen molar-refractivity contribution in [1.29, 1.82) is 0 Å². The highest BCUT2D eigenvalue weighted by Gasteiger charge is 2.49. The van der Waals surface area contributed by atoms with Crippen molar-refractivity contribution in [1.82, 2.24) is 4.90 Å². The van der Waals surface area contributed by atoms with Crippen molar-refractivity contribution in [2.45, 2.75) is 55.9 Å². The van der Waals surface area contributed by atoms with Crippen molar-refractivity contribution < 1.29 is 9.47 Å². The van der Waals surface area contributed by atoms with Crippen LogP contribution in [-0.4, -0.2) is 43.0 Å². The van der Waals surface area contributed by atoms with Crippen LogP contribution in [0.3, 0.4) is 0 Å². The smallest absolute Gasteiger partial charge is 0.168 e. The van der Waals surface area contributed by atoms with Crippen molar-refractivity contribution in [3.05, 3.63) is 46.3 Å². The molecule has 134 valence electrons. The fourth-order valence-electron chi connectivity index (χ4n) is 4.85. The molecule has 2 aliphatic heterocycles. The molecule has 2 saturated heterocycles. The van der Waals surface area contributed by atoms with Gasteiger partial charge in [0.1, 0.15) is 0 Å². The molecule has 2 heterocycles. The van der Waals surface area contributed by atoms with E-state index in [0.29, 0.717) is 0 Å². The molecule has 0 N–H and O–H groups in total. The van der Waals surface area contributed by atoms with Gasteiger partial charge in [0.15, 0.2) is 5.79 Å². The standard InChI is InChI=1S/C19H26N4O2/c20-22-21-17-6-12-23(13-7-17)18(16-4-2-1-3-5-16)8-10-19(11-9-18)24-14-15-25-19/h1-5,17H,6-15H2. The lowest BCUT2D eigenvalue weighted by Crippen LogP contribution is -2.54. The number of likely N-dealkylation sites (tertiary alicyclic amines) is 1. The van der Waals surface area contributed by atoms with Crippen LogP contribution in [0.15, 0.2) is 35.4 Å². The molecular weight excluding hydrogens is 316 g/mol. The Hall–Kier alpha value is -1.59. The Bertz CT molecular complexity index is 620. The number of benzene rings is 1. The summed E-state index contributed by atoms with van der Waals surface area (Å²) in [7, 11) is 0. The average molecular weight is 342 g/mol. The average Bonchev–Trinajstić information content (AvgIpc) is 3.13. The number of nitrogens with zero attached hydrogens (tertiary/aromatic N) is 4. The summed E-state index contributed by atoms with van der Waals surface area (Å²) in [6.07, 6.45) is 5.86. The number of azide groups is 1. The predicted octanol–water partition coefficient (Wildman–Crippen LogP) is 3.97. The first-order chi connectivity index (χ1) is 12.3. The van der Waals surface area contributed by atoms with E-state index < -0.39 is 0 Å². The first-order valence-corrected chi connectivity index (χ1v) is 9.39. The van der Waals surface area contributed by atoms with Gasteiger partial charge in [-0.15, -0.1) is 0 Å². The lowest BCUT2D eigenvalue weighted by molar-refractivity contribution is -0.196. The van der Waals surface area contributed by atoms with E-state index in [1.807, 2.05) is 0 Å². The Morgan fingerprint density at radius 1 is 1.00 bits per heavy atom. The maximum absolute atomic E-state index is 8.70. The van der Waals surface area contributed by atoms with Gasteiger partial charge in [-0.3, -0.25) is 4.90 Å². The van der Waals surface area contributed by atoms with Gasteiger partial charge in [0.05, 0.1) is 13.2 Å². The molecule has 0 aromatic heterocycles. The zero-order valence-corrected chi connectivity index (χ0v) is 14.6. The zero-order valence-electron chi connectivity index (χ0n) is 14.6. The molecule has 1 aliphatic carbocycles. The number of hydrogen-bond donors (Lipinski definition) is 0. The fourth-order valence-corrected chi connectivity index (χ4v) is 4.85. The van der Waals surface area contributed by atoms with E-state index in [4.69, 9.17) is 15.0 Å². The summed E-state index contributed by atoms with van der Waals surface area (Å²) < 4.78 is 11.9. The predicted molar refractivity (Wildman–Crippen MR) is 95.0 cm³/mol. The topological polar surface area (TPSA) is 70.5 Å². The molecule has 3 aliphatic rings. The molecule has 25 heavy (non-hydrogen) atoms. The summed E-state index contributed by atoms with van der Waals surface area (Å²) in [6.45, 7) is 3.40. The highest BCUT2D eigenvalue weighted by Crippen LogP contribution is 2.49. The molecule has 1 spiro atoms. The van der Waals surface area contributed by atoms with Gasteiger partial charge in [-0.05, 0) is 49.9 Å². The van der Waals surface area contributed by atoms with Crippen LogP contribution in [0.25, 0.3) is 10.4 Å². The maximum Gasteiger partial charge on any atom is 0.168 e. The third-order valence-electron chi connectivity index (χ3n) is 6.25. The minimum atomic E-state index is -0.346. The van der Waals surface area contributed by atoms with Crippen LogP contribution in [-0.2, 0) is 15.0 Å². The van der Waals surface area contributed by atoms with E-state index in [0.717, 1.165) is 64.8 Å². The summed E-state index contributed by atoms with van der Waals surface area (Å²) in [6, 6.07) is 11.0. The molecule has 3 fully saturated rings. The van der Waals surface area contributed by atoms with Crippen molar-refractivity contribution in [3.63, 3.8) is 0 Å². The molecule has 1 aromatic rings. The molecule has 4 rings (SSSR count).